The monoisotopic (exact) mass is 395 g/mol. The maximum Gasteiger partial charge on any atom is 0.285 e. The number of anilines is 1. The zero-order valence-electron chi connectivity index (χ0n) is 16.5. The van der Waals surface area contributed by atoms with Crippen molar-refractivity contribution in [2.45, 2.75) is 18.9 Å². The molecule has 2 aliphatic rings. The van der Waals surface area contributed by atoms with E-state index in [9.17, 15) is 14.9 Å². The van der Waals surface area contributed by atoms with Gasteiger partial charge in [-0.15, -0.1) is 0 Å². The van der Waals surface area contributed by atoms with Crippen molar-refractivity contribution in [3.8, 4) is 0 Å². The number of benzene rings is 2. The van der Waals surface area contributed by atoms with Gasteiger partial charge in [-0.25, -0.2) is 0 Å². The molecule has 0 aromatic heterocycles. The zero-order chi connectivity index (χ0) is 20.2. The van der Waals surface area contributed by atoms with Gasteiger partial charge < -0.3 is 14.7 Å². The highest BCUT2D eigenvalue weighted by atomic mass is 16.6. The van der Waals surface area contributed by atoms with E-state index in [-0.39, 0.29) is 22.6 Å². The molecule has 7 nitrogen and oxygen atoms in total. The van der Waals surface area contributed by atoms with E-state index in [1.54, 1.807) is 12.1 Å². The Hall–Kier alpha value is -2.93. The van der Waals surface area contributed by atoms with Crippen LogP contribution in [0.2, 0.25) is 0 Å². The van der Waals surface area contributed by atoms with Crippen molar-refractivity contribution in [2.75, 3.05) is 44.2 Å². The van der Waals surface area contributed by atoms with Gasteiger partial charge in [0.2, 0.25) is 0 Å². The molecule has 0 radical (unpaired) electrons. The third-order valence-electron chi connectivity index (χ3n) is 6.04. The van der Waals surface area contributed by atoms with Crippen molar-refractivity contribution in [3.05, 3.63) is 70.3 Å². The molecule has 0 bridgehead atoms. The Labute approximate surface area is 170 Å². The van der Waals surface area contributed by atoms with Crippen LogP contribution in [0.25, 0.3) is 0 Å². The molecule has 2 aromatic rings. The molecule has 29 heavy (non-hydrogen) atoms. The first kappa shape index (κ1) is 19.4. The first-order valence-electron chi connectivity index (χ1n) is 10.3. The first-order valence-corrected chi connectivity index (χ1v) is 10.3. The van der Waals surface area contributed by atoms with Crippen molar-refractivity contribution in [1.82, 2.24) is 4.90 Å². The number of carbonyl (C=O) groups excluding carboxylic acids is 1. The molecule has 2 heterocycles. The minimum Gasteiger partial charge on any atom is -0.360 e. The highest BCUT2D eigenvalue weighted by Gasteiger charge is 2.37. The third-order valence-corrected chi connectivity index (χ3v) is 6.04. The van der Waals surface area contributed by atoms with Crippen LogP contribution in [0, 0.1) is 10.1 Å². The number of nitrogens with one attached hydrogen (secondary N) is 1. The number of nitro benzene ring substituents is 1. The largest absolute Gasteiger partial charge is 0.360 e. The van der Waals surface area contributed by atoms with Gasteiger partial charge in [0.05, 0.1) is 31.1 Å². The maximum atomic E-state index is 13.3. The number of likely N-dealkylation sites (tertiary alicyclic amines) is 1. The number of hydrogen-bond donors (Lipinski definition) is 1. The molecule has 152 valence electrons. The van der Waals surface area contributed by atoms with Gasteiger partial charge in [-0.3, -0.25) is 14.9 Å². The topological polar surface area (TPSA) is 71.1 Å². The highest BCUT2D eigenvalue weighted by molar-refractivity contribution is 5.82. The van der Waals surface area contributed by atoms with Crippen LogP contribution in [0.3, 0.4) is 0 Å². The Morgan fingerprint density at radius 3 is 2.14 bits per heavy atom. The average Bonchev–Trinajstić information content (AvgIpc) is 3.30. The molecule has 1 N–H and O–H groups in total. The minimum absolute atomic E-state index is 0.110. The lowest BCUT2D eigenvalue weighted by Gasteiger charge is -2.38. The van der Waals surface area contributed by atoms with Gasteiger partial charge >= 0.3 is 0 Å². The van der Waals surface area contributed by atoms with Crippen LogP contribution in [0.4, 0.5) is 11.4 Å². The number of quaternary nitrogens is 1. The molecular formula is C22H27N4O3+. The highest BCUT2D eigenvalue weighted by Crippen LogP contribution is 2.21. The molecule has 0 spiro atoms. The summed E-state index contributed by atoms with van der Waals surface area (Å²) in [7, 11) is 0. The Morgan fingerprint density at radius 2 is 1.55 bits per heavy atom. The van der Waals surface area contributed by atoms with Gasteiger partial charge in [0.15, 0.2) is 6.04 Å². The first-order chi connectivity index (χ1) is 14.1. The second-order valence-electron chi connectivity index (χ2n) is 7.79. The van der Waals surface area contributed by atoms with Crippen molar-refractivity contribution in [2.24, 2.45) is 0 Å². The molecule has 2 fully saturated rings. The van der Waals surface area contributed by atoms with Gasteiger partial charge in [0.25, 0.3) is 11.6 Å². The van der Waals surface area contributed by atoms with Crippen LogP contribution in [-0.2, 0) is 4.79 Å². The smallest absolute Gasteiger partial charge is 0.285 e. The molecule has 2 saturated heterocycles. The Morgan fingerprint density at radius 1 is 0.931 bits per heavy atom. The van der Waals surface area contributed by atoms with Crippen LogP contribution in [0.15, 0.2) is 54.6 Å². The zero-order valence-corrected chi connectivity index (χ0v) is 16.5. The molecule has 0 saturated carbocycles. The van der Waals surface area contributed by atoms with E-state index >= 15 is 0 Å². The molecule has 4 rings (SSSR count). The average molecular weight is 395 g/mol. The van der Waals surface area contributed by atoms with E-state index < -0.39 is 0 Å². The summed E-state index contributed by atoms with van der Waals surface area (Å²) >= 11 is 0. The van der Waals surface area contributed by atoms with E-state index in [0.29, 0.717) is 0 Å². The Kier molecular flexibility index (Phi) is 5.76. The summed E-state index contributed by atoms with van der Waals surface area (Å²) < 4.78 is 0. The molecule has 1 amide bonds. The molecule has 2 aromatic carbocycles. The normalized spacial score (nSPS) is 18.6. The third kappa shape index (κ3) is 4.24. The fraction of sp³-hybridized carbons (Fsp3) is 0.409. The predicted molar refractivity (Wildman–Crippen MR) is 111 cm³/mol. The van der Waals surface area contributed by atoms with Gasteiger partial charge in [-0.05, 0) is 25.0 Å². The van der Waals surface area contributed by atoms with E-state index in [2.05, 4.69) is 17.0 Å². The molecule has 7 heteroatoms. The molecule has 1 atom stereocenters. The van der Waals surface area contributed by atoms with Crippen LogP contribution in [0.1, 0.15) is 24.4 Å². The SMILES string of the molecule is O=C([C@@H](c1ccccc1)[NH+]1CCN(c2ccc([N+](=O)[O-])cc2)CC1)N1CCCC1. The van der Waals surface area contributed by atoms with Gasteiger partial charge in [0, 0.05) is 36.5 Å². The van der Waals surface area contributed by atoms with Crippen molar-refractivity contribution in [3.63, 3.8) is 0 Å². The summed E-state index contributed by atoms with van der Waals surface area (Å²) in [4.78, 5) is 29.4. The summed E-state index contributed by atoms with van der Waals surface area (Å²) in [6, 6.07) is 16.7. The summed E-state index contributed by atoms with van der Waals surface area (Å²) in [6.45, 7) is 5.09. The lowest BCUT2D eigenvalue weighted by molar-refractivity contribution is -0.922. The Balaban J connectivity index is 1.47. The van der Waals surface area contributed by atoms with Crippen molar-refractivity contribution < 1.29 is 14.6 Å². The number of nitrogens with zero attached hydrogens (tertiary/aromatic N) is 3. The molecule has 0 unspecified atom stereocenters. The second kappa shape index (κ2) is 8.61. The molecule has 0 aliphatic carbocycles. The van der Waals surface area contributed by atoms with Crippen molar-refractivity contribution >= 4 is 17.3 Å². The fourth-order valence-corrected chi connectivity index (χ4v) is 4.44. The number of hydrogen-bond acceptors (Lipinski definition) is 4. The predicted octanol–water partition coefficient (Wildman–Crippen LogP) is 1.66. The van der Waals surface area contributed by atoms with E-state index in [4.69, 9.17) is 0 Å². The van der Waals surface area contributed by atoms with Crippen LogP contribution >= 0.6 is 0 Å². The van der Waals surface area contributed by atoms with Gasteiger partial charge in [0.1, 0.15) is 0 Å². The number of piperazine rings is 1. The van der Waals surface area contributed by atoms with Crippen LogP contribution in [-0.4, -0.2) is 55.0 Å². The van der Waals surface area contributed by atoms with Crippen LogP contribution < -0.4 is 9.80 Å². The number of rotatable bonds is 5. The quantitative estimate of drug-likeness (QED) is 0.618. The summed E-state index contributed by atoms with van der Waals surface area (Å²) in [5, 5.41) is 10.9. The summed E-state index contributed by atoms with van der Waals surface area (Å²) in [5.41, 5.74) is 2.19. The van der Waals surface area contributed by atoms with E-state index in [1.165, 1.54) is 4.90 Å². The van der Waals surface area contributed by atoms with Crippen LogP contribution in [0.5, 0.6) is 0 Å². The summed E-state index contributed by atoms with van der Waals surface area (Å²) in [5.74, 6) is 0.243. The maximum absolute atomic E-state index is 13.3. The lowest BCUT2D eigenvalue weighted by atomic mass is 10.0. The second-order valence-corrected chi connectivity index (χ2v) is 7.79. The number of non-ortho nitro benzene ring substituents is 1. The number of amides is 1. The fourth-order valence-electron chi connectivity index (χ4n) is 4.44. The van der Waals surface area contributed by atoms with E-state index in [0.717, 1.165) is 63.4 Å². The number of carbonyl (C=O) groups is 1. The molecular weight excluding hydrogens is 368 g/mol. The van der Waals surface area contributed by atoms with E-state index in [1.807, 2.05) is 35.2 Å². The Bertz CT molecular complexity index is 842. The van der Waals surface area contributed by atoms with Gasteiger partial charge in [-0.2, -0.15) is 0 Å². The minimum atomic E-state index is -0.375. The van der Waals surface area contributed by atoms with Gasteiger partial charge in [-0.1, -0.05) is 30.3 Å². The molecule has 2 aliphatic heterocycles. The lowest BCUT2D eigenvalue weighted by Crippen LogP contribution is -3.16. The summed E-state index contributed by atoms with van der Waals surface area (Å²) in [6.07, 6.45) is 2.19. The van der Waals surface area contributed by atoms with Crippen molar-refractivity contribution in [1.29, 1.82) is 0 Å². The number of nitro groups is 1. The standard InChI is InChI=1S/C22H26N4O3/c27-22(25-12-4-5-13-25)21(18-6-2-1-3-7-18)24-16-14-23(15-17-24)19-8-10-20(11-9-19)26(28)29/h1-3,6-11,21H,4-5,12-17H2/p+1/t21-/m1/s1.